The molecule has 1 saturated carbocycles. The maximum absolute atomic E-state index is 15.4. The average Bonchev–Trinajstić information content (AvgIpc) is 2.71. The molecule has 132 valence electrons. The lowest BCUT2D eigenvalue weighted by molar-refractivity contribution is 0.384. The van der Waals surface area contributed by atoms with Gasteiger partial charge in [0.05, 0.1) is 11.9 Å². The van der Waals surface area contributed by atoms with Crippen molar-refractivity contribution in [3.05, 3.63) is 60.6 Å². The molecule has 1 aliphatic carbocycles. The fraction of sp³-hybridized carbons (Fsp3) is 0.300. The molecule has 6 heteroatoms. The van der Waals surface area contributed by atoms with Crippen molar-refractivity contribution in [3.8, 4) is 23.0 Å². The Bertz CT molecular complexity index is 868. The van der Waals surface area contributed by atoms with Gasteiger partial charge in [-0.15, -0.1) is 0 Å². The van der Waals surface area contributed by atoms with Gasteiger partial charge in [-0.1, -0.05) is 25.3 Å². The topological polar surface area (TPSA) is 60.8 Å². The molecule has 2 aromatic heterocycles. The minimum absolute atomic E-state index is 0.139. The fourth-order valence-electron chi connectivity index (χ4n) is 3.48. The molecule has 3 aromatic rings. The van der Waals surface area contributed by atoms with Crippen molar-refractivity contribution in [1.82, 2.24) is 19.9 Å². The van der Waals surface area contributed by atoms with Gasteiger partial charge in [-0.3, -0.25) is 9.97 Å². The largest absolute Gasteiger partial charge is 0.421 e. The molecular weight excluding hydrogens is 331 g/mol. The molecule has 0 bridgehead atoms. The van der Waals surface area contributed by atoms with Crippen LogP contribution >= 0.6 is 0 Å². The highest BCUT2D eigenvalue weighted by Gasteiger charge is 2.25. The highest BCUT2D eigenvalue weighted by atomic mass is 19.1. The Balaban J connectivity index is 1.79. The molecule has 26 heavy (non-hydrogen) atoms. The first kappa shape index (κ1) is 16.6. The van der Waals surface area contributed by atoms with E-state index in [9.17, 15) is 0 Å². The third-order valence-corrected chi connectivity index (χ3v) is 4.75. The first-order valence-electron chi connectivity index (χ1n) is 8.86. The standard InChI is InChI=1S/C20H19FN4O/c21-18-16(17-13-22-11-12-23-17)8-7-15(14-5-2-1-3-6-14)19(18)26-20-24-9-4-10-25-20/h4,7-14H,1-3,5-6H2. The fourth-order valence-corrected chi connectivity index (χ4v) is 3.48. The monoisotopic (exact) mass is 350 g/mol. The van der Waals surface area contributed by atoms with Crippen LogP contribution in [0.5, 0.6) is 11.8 Å². The van der Waals surface area contributed by atoms with Crippen LogP contribution in [0.4, 0.5) is 4.39 Å². The molecule has 1 fully saturated rings. The van der Waals surface area contributed by atoms with Gasteiger partial charge in [0.2, 0.25) is 0 Å². The first-order valence-corrected chi connectivity index (χ1v) is 8.86. The van der Waals surface area contributed by atoms with Crippen molar-refractivity contribution >= 4 is 0 Å². The number of hydrogen-bond acceptors (Lipinski definition) is 5. The van der Waals surface area contributed by atoms with Gasteiger partial charge in [0.25, 0.3) is 0 Å². The summed E-state index contributed by atoms with van der Waals surface area (Å²) in [6.07, 6.45) is 13.4. The van der Waals surface area contributed by atoms with Crippen molar-refractivity contribution in [2.24, 2.45) is 0 Å². The molecule has 0 atom stereocenters. The van der Waals surface area contributed by atoms with Gasteiger partial charge in [-0.2, -0.15) is 0 Å². The number of benzene rings is 1. The first-order chi connectivity index (χ1) is 12.8. The van der Waals surface area contributed by atoms with Crippen LogP contribution in [0.1, 0.15) is 43.6 Å². The minimum Gasteiger partial charge on any atom is -0.421 e. The zero-order valence-corrected chi connectivity index (χ0v) is 14.3. The molecule has 0 unspecified atom stereocenters. The highest BCUT2D eigenvalue weighted by Crippen LogP contribution is 2.42. The zero-order chi connectivity index (χ0) is 17.8. The molecule has 0 radical (unpaired) electrons. The SMILES string of the molecule is Fc1c(-c2cnccn2)ccc(C2CCCCC2)c1Oc1ncccn1. The van der Waals surface area contributed by atoms with Crippen molar-refractivity contribution < 1.29 is 9.13 Å². The lowest BCUT2D eigenvalue weighted by atomic mass is 9.83. The number of nitrogens with zero attached hydrogens (tertiary/aromatic N) is 4. The molecule has 0 amide bonds. The quantitative estimate of drug-likeness (QED) is 0.669. The van der Waals surface area contributed by atoms with E-state index in [4.69, 9.17) is 4.74 Å². The molecule has 5 nitrogen and oxygen atoms in total. The van der Waals surface area contributed by atoms with Crippen LogP contribution < -0.4 is 4.74 Å². The second-order valence-corrected chi connectivity index (χ2v) is 6.40. The Morgan fingerprint density at radius 1 is 0.923 bits per heavy atom. The van der Waals surface area contributed by atoms with E-state index in [0.717, 1.165) is 31.2 Å². The number of ether oxygens (including phenoxy) is 1. The number of hydrogen-bond donors (Lipinski definition) is 0. The van der Waals surface area contributed by atoms with Crippen LogP contribution in [0, 0.1) is 5.82 Å². The van der Waals surface area contributed by atoms with Gasteiger partial charge >= 0.3 is 6.01 Å². The molecule has 2 heterocycles. The van der Waals surface area contributed by atoms with Crippen LogP contribution in [0.15, 0.2) is 49.2 Å². The van der Waals surface area contributed by atoms with Crippen molar-refractivity contribution in [3.63, 3.8) is 0 Å². The summed E-state index contributed by atoms with van der Waals surface area (Å²) in [7, 11) is 0. The lowest BCUT2D eigenvalue weighted by Crippen LogP contribution is -2.08. The maximum Gasteiger partial charge on any atom is 0.321 e. The zero-order valence-electron chi connectivity index (χ0n) is 14.3. The van der Waals surface area contributed by atoms with E-state index in [-0.39, 0.29) is 17.7 Å². The molecule has 4 rings (SSSR count). The van der Waals surface area contributed by atoms with E-state index < -0.39 is 5.82 Å². The normalized spacial score (nSPS) is 15.0. The third kappa shape index (κ3) is 3.40. The Kier molecular flexibility index (Phi) is 4.82. The second kappa shape index (κ2) is 7.56. The number of halogens is 1. The minimum atomic E-state index is -0.443. The summed E-state index contributed by atoms with van der Waals surface area (Å²) in [4.78, 5) is 16.4. The van der Waals surface area contributed by atoms with Crippen molar-refractivity contribution in [2.45, 2.75) is 38.0 Å². The van der Waals surface area contributed by atoms with Gasteiger partial charge in [-0.05, 0) is 30.9 Å². The summed E-state index contributed by atoms with van der Waals surface area (Å²) in [6, 6.07) is 5.55. The van der Waals surface area contributed by atoms with E-state index in [1.165, 1.54) is 6.42 Å². The van der Waals surface area contributed by atoms with Crippen molar-refractivity contribution in [1.29, 1.82) is 0 Å². The second-order valence-electron chi connectivity index (χ2n) is 6.40. The number of rotatable bonds is 4. The summed E-state index contributed by atoms with van der Waals surface area (Å²) in [5, 5.41) is 0. The smallest absolute Gasteiger partial charge is 0.321 e. The van der Waals surface area contributed by atoms with Crippen LogP contribution in [0.3, 0.4) is 0 Å². The average molecular weight is 350 g/mol. The summed E-state index contributed by atoms with van der Waals surface area (Å²) < 4.78 is 21.2. The molecule has 0 N–H and O–H groups in total. The van der Waals surface area contributed by atoms with Crippen LogP contribution in [-0.4, -0.2) is 19.9 Å². The number of aromatic nitrogens is 4. The molecule has 0 aliphatic heterocycles. The summed E-state index contributed by atoms with van der Waals surface area (Å²) >= 11 is 0. The Morgan fingerprint density at radius 3 is 2.46 bits per heavy atom. The molecule has 1 aliphatic rings. The molecule has 0 spiro atoms. The molecule has 1 aromatic carbocycles. The summed E-state index contributed by atoms with van der Waals surface area (Å²) in [5.41, 5.74) is 1.71. The van der Waals surface area contributed by atoms with E-state index >= 15 is 4.39 Å². The highest BCUT2D eigenvalue weighted by molar-refractivity contribution is 5.63. The summed E-state index contributed by atoms with van der Waals surface area (Å²) in [6.45, 7) is 0. The lowest BCUT2D eigenvalue weighted by Gasteiger charge is -2.24. The van der Waals surface area contributed by atoms with Crippen LogP contribution in [0.2, 0.25) is 0 Å². The van der Waals surface area contributed by atoms with E-state index in [1.807, 2.05) is 6.07 Å². The Labute approximate surface area is 151 Å². The molecular formula is C20H19FN4O. The Morgan fingerprint density at radius 2 is 1.73 bits per heavy atom. The van der Waals surface area contributed by atoms with E-state index in [0.29, 0.717) is 11.3 Å². The van der Waals surface area contributed by atoms with Crippen molar-refractivity contribution in [2.75, 3.05) is 0 Å². The molecule has 0 saturated heterocycles. The van der Waals surface area contributed by atoms with Gasteiger partial charge in [0.1, 0.15) is 0 Å². The third-order valence-electron chi connectivity index (χ3n) is 4.75. The van der Waals surface area contributed by atoms with Crippen LogP contribution in [-0.2, 0) is 0 Å². The van der Waals surface area contributed by atoms with E-state index in [2.05, 4.69) is 19.9 Å². The van der Waals surface area contributed by atoms with Gasteiger partial charge in [-0.25, -0.2) is 14.4 Å². The Hall–Kier alpha value is -2.89. The predicted octanol–water partition coefficient (Wildman–Crippen LogP) is 4.91. The van der Waals surface area contributed by atoms with E-state index in [1.54, 1.807) is 43.1 Å². The predicted molar refractivity (Wildman–Crippen MR) is 95.4 cm³/mol. The summed E-state index contributed by atoms with van der Waals surface area (Å²) in [5.74, 6) is 0.0418. The maximum atomic E-state index is 15.4. The van der Waals surface area contributed by atoms with Gasteiger partial charge in [0.15, 0.2) is 11.6 Å². The van der Waals surface area contributed by atoms with Crippen LogP contribution in [0.25, 0.3) is 11.3 Å². The van der Waals surface area contributed by atoms with Gasteiger partial charge < -0.3 is 4.74 Å². The van der Waals surface area contributed by atoms with Gasteiger partial charge in [0, 0.05) is 35.9 Å².